The van der Waals surface area contributed by atoms with Gasteiger partial charge in [-0.05, 0) is 6.92 Å². The van der Waals surface area contributed by atoms with Crippen molar-refractivity contribution >= 4 is 12.4 Å². The van der Waals surface area contributed by atoms with Gasteiger partial charge in [0.25, 0.3) is 0 Å². The average Bonchev–Trinajstić information content (AvgIpc) is 1.67. The van der Waals surface area contributed by atoms with Crippen LogP contribution in [0.4, 0.5) is 0 Å². The summed E-state index contributed by atoms with van der Waals surface area (Å²) in [5.41, 5.74) is 0. The Morgan fingerprint density at radius 3 is 2.50 bits per heavy atom. The molecule has 0 aliphatic heterocycles. The van der Waals surface area contributed by atoms with Crippen molar-refractivity contribution in [3.05, 3.63) is 0 Å². The fourth-order valence-electron chi connectivity index (χ4n) is 0.173. The number of nitrogens with one attached hydrogen (secondary N) is 1. The summed E-state index contributed by atoms with van der Waals surface area (Å²) in [5, 5.41) is 10.2. The standard InChI is InChI=1S/C4H7NO3/c1-3(4(7)8)5-2-6/h2-3H,1H3,(H,5,6)(H,7,8). The molecule has 4 nitrogen and oxygen atoms in total. The third kappa shape index (κ3) is 2.17. The zero-order valence-corrected chi connectivity index (χ0v) is 4.42. The third-order valence-corrected chi connectivity index (χ3v) is 0.688. The second-order valence-corrected chi connectivity index (χ2v) is 1.34. The SMILES string of the molecule is CC(NC=O)C(=O)O. The van der Waals surface area contributed by atoms with Crippen molar-refractivity contribution in [1.29, 1.82) is 0 Å². The summed E-state index contributed by atoms with van der Waals surface area (Å²) in [6.07, 6.45) is 0.360. The topological polar surface area (TPSA) is 66.4 Å². The molecule has 0 saturated heterocycles. The van der Waals surface area contributed by atoms with Crippen molar-refractivity contribution in [2.75, 3.05) is 0 Å². The molecule has 4 heteroatoms. The Labute approximate surface area is 46.5 Å². The molecular weight excluding hydrogens is 110 g/mol. The molecule has 0 spiro atoms. The molecule has 1 unspecified atom stereocenters. The molecule has 46 valence electrons. The highest BCUT2D eigenvalue weighted by Crippen LogP contribution is 1.75. The molecule has 0 heterocycles. The van der Waals surface area contributed by atoms with Gasteiger partial charge in [0.15, 0.2) is 0 Å². The van der Waals surface area contributed by atoms with E-state index in [1.165, 1.54) is 6.92 Å². The Hall–Kier alpha value is -1.06. The third-order valence-electron chi connectivity index (χ3n) is 0.688. The lowest BCUT2D eigenvalue weighted by atomic mass is 10.4. The van der Waals surface area contributed by atoms with Crippen LogP contribution in [0.25, 0.3) is 0 Å². The first kappa shape index (κ1) is 6.94. The first-order valence-electron chi connectivity index (χ1n) is 2.11. The summed E-state index contributed by atoms with van der Waals surface area (Å²) < 4.78 is 0. The minimum atomic E-state index is -1.03. The van der Waals surface area contributed by atoms with Crippen LogP contribution in [0.1, 0.15) is 6.92 Å². The Morgan fingerprint density at radius 1 is 1.88 bits per heavy atom. The van der Waals surface area contributed by atoms with Crippen LogP contribution in [-0.2, 0) is 9.59 Å². The molecule has 0 aromatic rings. The van der Waals surface area contributed by atoms with Gasteiger partial charge in [0.2, 0.25) is 6.41 Å². The van der Waals surface area contributed by atoms with E-state index in [-0.39, 0.29) is 0 Å². The zero-order chi connectivity index (χ0) is 6.57. The quantitative estimate of drug-likeness (QED) is 0.476. The van der Waals surface area contributed by atoms with Gasteiger partial charge in [0.05, 0.1) is 0 Å². The molecule has 0 aromatic carbocycles. The van der Waals surface area contributed by atoms with Crippen LogP contribution in [0, 0.1) is 0 Å². The van der Waals surface area contributed by atoms with Crippen molar-refractivity contribution in [1.82, 2.24) is 5.32 Å². The molecule has 0 aromatic heterocycles. The molecular formula is C4H7NO3. The molecule has 0 radical (unpaired) electrons. The van der Waals surface area contributed by atoms with E-state index < -0.39 is 12.0 Å². The number of carbonyl (C=O) groups is 2. The predicted octanol–water partition coefficient (Wildman–Crippen LogP) is -0.794. The Balaban J connectivity index is 3.46. The van der Waals surface area contributed by atoms with Gasteiger partial charge < -0.3 is 10.4 Å². The van der Waals surface area contributed by atoms with Gasteiger partial charge in [-0.2, -0.15) is 0 Å². The number of amides is 1. The highest BCUT2D eigenvalue weighted by Gasteiger charge is 2.06. The summed E-state index contributed by atoms with van der Waals surface area (Å²) in [5.74, 6) is -1.03. The lowest BCUT2D eigenvalue weighted by Crippen LogP contribution is -2.32. The van der Waals surface area contributed by atoms with Gasteiger partial charge in [-0.1, -0.05) is 0 Å². The van der Waals surface area contributed by atoms with Gasteiger partial charge in [-0.25, -0.2) is 0 Å². The summed E-state index contributed by atoms with van der Waals surface area (Å²) in [6.45, 7) is 1.39. The van der Waals surface area contributed by atoms with E-state index in [4.69, 9.17) is 5.11 Å². The largest absolute Gasteiger partial charge is 0.480 e. The number of aliphatic carboxylic acids is 1. The van der Waals surface area contributed by atoms with Crippen LogP contribution >= 0.6 is 0 Å². The number of rotatable bonds is 3. The first-order chi connectivity index (χ1) is 3.68. The van der Waals surface area contributed by atoms with E-state index in [0.29, 0.717) is 6.41 Å². The van der Waals surface area contributed by atoms with E-state index in [1.54, 1.807) is 0 Å². The van der Waals surface area contributed by atoms with Crippen LogP contribution in [0.3, 0.4) is 0 Å². The lowest BCUT2D eigenvalue weighted by Gasteiger charge is -2.00. The zero-order valence-electron chi connectivity index (χ0n) is 4.42. The van der Waals surface area contributed by atoms with Crippen LogP contribution in [0.5, 0.6) is 0 Å². The van der Waals surface area contributed by atoms with E-state index in [9.17, 15) is 9.59 Å². The predicted molar refractivity (Wildman–Crippen MR) is 26.3 cm³/mol. The highest BCUT2D eigenvalue weighted by atomic mass is 16.4. The maximum atomic E-state index is 9.87. The maximum Gasteiger partial charge on any atom is 0.325 e. The molecule has 0 aliphatic rings. The van der Waals surface area contributed by atoms with Crippen LogP contribution < -0.4 is 5.32 Å². The maximum absolute atomic E-state index is 9.87. The van der Waals surface area contributed by atoms with Gasteiger partial charge in [-0.15, -0.1) is 0 Å². The summed E-state index contributed by atoms with van der Waals surface area (Å²) in [6, 6.07) is -0.785. The van der Waals surface area contributed by atoms with Gasteiger partial charge in [0, 0.05) is 0 Å². The van der Waals surface area contributed by atoms with E-state index in [1.807, 2.05) is 0 Å². The molecule has 1 atom stereocenters. The minimum Gasteiger partial charge on any atom is -0.480 e. The number of carboxylic acid groups (broad SMARTS) is 1. The smallest absolute Gasteiger partial charge is 0.325 e. The normalized spacial score (nSPS) is 12.1. The Kier molecular flexibility index (Phi) is 2.61. The van der Waals surface area contributed by atoms with Crippen LogP contribution in [0.15, 0.2) is 0 Å². The van der Waals surface area contributed by atoms with E-state index >= 15 is 0 Å². The van der Waals surface area contributed by atoms with Crippen molar-refractivity contribution in [3.8, 4) is 0 Å². The van der Waals surface area contributed by atoms with Crippen LogP contribution in [0.2, 0.25) is 0 Å². The molecule has 0 rings (SSSR count). The molecule has 0 fully saturated rings. The number of hydrogen-bond acceptors (Lipinski definition) is 2. The van der Waals surface area contributed by atoms with Crippen molar-refractivity contribution in [3.63, 3.8) is 0 Å². The van der Waals surface area contributed by atoms with Crippen molar-refractivity contribution in [2.45, 2.75) is 13.0 Å². The number of carboxylic acids is 1. The molecule has 8 heavy (non-hydrogen) atoms. The minimum absolute atomic E-state index is 0.360. The van der Waals surface area contributed by atoms with Gasteiger partial charge in [0.1, 0.15) is 6.04 Å². The molecule has 0 bridgehead atoms. The Bertz CT molecular complexity index is 101. The summed E-state index contributed by atoms with van der Waals surface area (Å²) in [4.78, 5) is 19.4. The van der Waals surface area contributed by atoms with E-state index in [2.05, 4.69) is 5.32 Å². The van der Waals surface area contributed by atoms with Gasteiger partial charge in [-0.3, -0.25) is 9.59 Å². The molecule has 2 N–H and O–H groups in total. The summed E-state index contributed by atoms with van der Waals surface area (Å²) >= 11 is 0. The van der Waals surface area contributed by atoms with E-state index in [0.717, 1.165) is 0 Å². The first-order valence-corrected chi connectivity index (χ1v) is 2.11. The van der Waals surface area contributed by atoms with Crippen molar-refractivity contribution < 1.29 is 14.7 Å². The average molecular weight is 117 g/mol. The fourth-order valence-corrected chi connectivity index (χ4v) is 0.173. The molecule has 0 aliphatic carbocycles. The van der Waals surface area contributed by atoms with Crippen LogP contribution in [-0.4, -0.2) is 23.5 Å². The molecule has 0 saturated carbocycles. The highest BCUT2D eigenvalue weighted by molar-refractivity contribution is 5.75. The number of carbonyl (C=O) groups excluding carboxylic acids is 1. The van der Waals surface area contributed by atoms with Gasteiger partial charge >= 0.3 is 5.97 Å². The lowest BCUT2D eigenvalue weighted by molar-refractivity contribution is -0.140. The monoisotopic (exact) mass is 117 g/mol. The van der Waals surface area contributed by atoms with Crippen molar-refractivity contribution in [2.24, 2.45) is 0 Å². The number of hydrogen-bond donors (Lipinski definition) is 2. The second-order valence-electron chi connectivity index (χ2n) is 1.34. The summed E-state index contributed by atoms with van der Waals surface area (Å²) in [7, 11) is 0. The second kappa shape index (κ2) is 3.01. The fraction of sp³-hybridized carbons (Fsp3) is 0.500. The Morgan fingerprint density at radius 2 is 2.38 bits per heavy atom. The molecule has 1 amide bonds.